The maximum atomic E-state index is 13.9. The van der Waals surface area contributed by atoms with Gasteiger partial charge in [0, 0.05) is 17.2 Å². The molecule has 2 aromatic carbocycles. The van der Waals surface area contributed by atoms with E-state index in [1.807, 2.05) is 0 Å². The zero-order chi connectivity index (χ0) is 19.1. The van der Waals surface area contributed by atoms with Crippen molar-refractivity contribution in [2.24, 2.45) is 0 Å². The highest BCUT2D eigenvalue weighted by molar-refractivity contribution is 6.41. The number of para-hydroxylation sites is 1. The van der Waals surface area contributed by atoms with E-state index in [0.717, 1.165) is 17.7 Å². The summed E-state index contributed by atoms with van der Waals surface area (Å²) in [7, 11) is 0. The minimum atomic E-state index is -0.560. The van der Waals surface area contributed by atoms with Crippen LogP contribution in [0.1, 0.15) is 25.7 Å². The van der Waals surface area contributed by atoms with Crippen molar-refractivity contribution in [3.05, 3.63) is 63.4 Å². The van der Waals surface area contributed by atoms with Crippen LogP contribution in [0.5, 0.6) is 11.5 Å². The number of ether oxygens (including phenoxy) is 1. The molecule has 0 atom stereocenters. The first-order valence-corrected chi connectivity index (χ1v) is 9.25. The Bertz CT molecular complexity index is 975. The predicted molar refractivity (Wildman–Crippen MR) is 101 cm³/mol. The smallest absolute Gasteiger partial charge is 0.261 e. The molecule has 0 radical (unpaired) electrons. The Kier molecular flexibility index (Phi) is 4.66. The lowest BCUT2D eigenvalue weighted by Gasteiger charge is -2.19. The number of carbonyl (C=O) groups excluding carboxylic acids is 2. The fourth-order valence-corrected chi connectivity index (χ4v) is 3.88. The van der Waals surface area contributed by atoms with E-state index in [2.05, 4.69) is 0 Å². The third-order valence-electron chi connectivity index (χ3n) is 4.69. The van der Waals surface area contributed by atoms with Gasteiger partial charge in [0.1, 0.15) is 5.75 Å². The molecule has 0 saturated carbocycles. The van der Waals surface area contributed by atoms with Crippen molar-refractivity contribution < 1.29 is 18.7 Å². The highest BCUT2D eigenvalue weighted by Gasteiger charge is 2.40. The van der Waals surface area contributed by atoms with Gasteiger partial charge in [-0.15, -0.1) is 0 Å². The van der Waals surface area contributed by atoms with Crippen molar-refractivity contribution >= 4 is 40.7 Å². The standard InChI is InChI=1S/C20H14Cl2FNO3/c21-13-9-14(22)18(27-17-8-4-3-7-15(17)23)10-16(13)24-19(25)11-5-1-2-6-12(11)20(24)26/h3-4,7-10H,1-2,5-6H2. The molecule has 0 N–H and O–H groups in total. The molecule has 7 heteroatoms. The zero-order valence-corrected chi connectivity index (χ0v) is 15.6. The fraction of sp³-hybridized carbons (Fsp3) is 0.200. The number of imide groups is 1. The molecular formula is C20H14Cl2FNO3. The Hall–Kier alpha value is -2.37. The molecule has 2 aromatic rings. The second-order valence-electron chi connectivity index (χ2n) is 6.38. The molecule has 0 saturated heterocycles. The SMILES string of the molecule is O=C1C2=C(CCCC2)C(=O)N1c1cc(Oc2ccccc2F)c(Cl)cc1Cl. The second kappa shape index (κ2) is 6.98. The topological polar surface area (TPSA) is 46.6 Å². The van der Waals surface area contributed by atoms with E-state index < -0.39 is 5.82 Å². The Morgan fingerprint density at radius 3 is 2.15 bits per heavy atom. The summed E-state index contributed by atoms with van der Waals surface area (Å²) in [5.41, 5.74) is 1.28. The van der Waals surface area contributed by atoms with Crippen molar-refractivity contribution in [2.45, 2.75) is 25.7 Å². The van der Waals surface area contributed by atoms with Crippen LogP contribution in [0.2, 0.25) is 10.0 Å². The second-order valence-corrected chi connectivity index (χ2v) is 7.19. The van der Waals surface area contributed by atoms with Crippen molar-refractivity contribution in [3.8, 4) is 11.5 Å². The third-order valence-corrected chi connectivity index (χ3v) is 5.29. The first kappa shape index (κ1) is 18.0. The number of benzene rings is 2. The van der Waals surface area contributed by atoms with E-state index >= 15 is 0 Å². The van der Waals surface area contributed by atoms with Gasteiger partial charge in [0.25, 0.3) is 11.8 Å². The van der Waals surface area contributed by atoms with Gasteiger partial charge >= 0.3 is 0 Å². The van der Waals surface area contributed by atoms with Crippen LogP contribution in [0.25, 0.3) is 0 Å². The lowest BCUT2D eigenvalue weighted by atomic mass is 9.93. The van der Waals surface area contributed by atoms with Crippen molar-refractivity contribution in [1.29, 1.82) is 0 Å². The zero-order valence-electron chi connectivity index (χ0n) is 14.1. The van der Waals surface area contributed by atoms with Crippen LogP contribution in [-0.4, -0.2) is 11.8 Å². The lowest BCUT2D eigenvalue weighted by molar-refractivity contribution is -0.120. The summed E-state index contributed by atoms with van der Waals surface area (Å²) >= 11 is 12.4. The molecule has 1 aliphatic carbocycles. The molecular weight excluding hydrogens is 392 g/mol. The van der Waals surface area contributed by atoms with E-state index in [1.54, 1.807) is 6.07 Å². The predicted octanol–water partition coefficient (Wildman–Crippen LogP) is 5.67. The van der Waals surface area contributed by atoms with Crippen LogP contribution in [0, 0.1) is 5.82 Å². The number of halogens is 3. The van der Waals surface area contributed by atoms with E-state index in [0.29, 0.717) is 24.0 Å². The van der Waals surface area contributed by atoms with Crippen LogP contribution in [0.4, 0.5) is 10.1 Å². The molecule has 0 fully saturated rings. The Balaban J connectivity index is 1.73. The maximum Gasteiger partial charge on any atom is 0.261 e. The number of rotatable bonds is 3. The van der Waals surface area contributed by atoms with Crippen LogP contribution >= 0.6 is 23.2 Å². The van der Waals surface area contributed by atoms with Gasteiger partial charge in [0.15, 0.2) is 11.6 Å². The number of hydrogen-bond donors (Lipinski definition) is 0. The summed E-state index contributed by atoms with van der Waals surface area (Å²) in [6.45, 7) is 0. The number of amides is 2. The summed E-state index contributed by atoms with van der Waals surface area (Å²) < 4.78 is 19.4. The van der Waals surface area contributed by atoms with E-state index in [-0.39, 0.29) is 39.0 Å². The molecule has 2 aliphatic rings. The van der Waals surface area contributed by atoms with Gasteiger partial charge < -0.3 is 4.74 Å². The average Bonchev–Trinajstić information content (AvgIpc) is 2.91. The Morgan fingerprint density at radius 2 is 1.52 bits per heavy atom. The number of hydrogen-bond acceptors (Lipinski definition) is 3. The summed E-state index contributed by atoms with van der Waals surface area (Å²) in [6, 6.07) is 8.64. The normalized spacial score (nSPS) is 16.8. The summed E-state index contributed by atoms with van der Waals surface area (Å²) in [5.74, 6) is -1.21. The Labute approximate surface area is 165 Å². The molecule has 0 aromatic heterocycles. The monoisotopic (exact) mass is 405 g/mol. The first-order chi connectivity index (χ1) is 13.0. The molecule has 138 valence electrons. The van der Waals surface area contributed by atoms with Crippen LogP contribution in [-0.2, 0) is 9.59 Å². The molecule has 27 heavy (non-hydrogen) atoms. The van der Waals surface area contributed by atoms with Gasteiger partial charge in [-0.2, -0.15) is 0 Å². The minimum Gasteiger partial charge on any atom is -0.453 e. The van der Waals surface area contributed by atoms with E-state index in [9.17, 15) is 14.0 Å². The van der Waals surface area contributed by atoms with Gasteiger partial charge in [0.05, 0.1) is 15.7 Å². The van der Waals surface area contributed by atoms with E-state index in [4.69, 9.17) is 27.9 Å². The van der Waals surface area contributed by atoms with Gasteiger partial charge in [-0.05, 0) is 43.9 Å². The molecule has 0 spiro atoms. The molecule has 2 amide bonds. The van der Waals surface area contributed by atoms with Crippen molar-refractivity contribution in [3.63, 3.8) is 0 Å². The van der Waals surface area contributed by atoms with Gasteiger partial charge in [0.2, 0.25) is 0 Å². The summed E-state index contributed by atoms with van der Waals surface area (Å²) in [4.78, 5) is 26.6. The minimum absolute atomic E-state index is 0.0239. The highest BCUT2D eigenvalue weighted by Crippen LogP contribution is 2.43. The molecule has 1 aliphatic heterocycles. The lowest BCUT2D eigenvalue weighted by Crippen LogP contribution is -2.31. The molecule has 0 unspecified atom stereocenters. The Morgan fingerprint density at radius 1 is 0.889 bits per heavy atom. The molecule has 4 nitrogen and oxygen atoms in total. The van der Waals surface area contributed by atoms with Crippen LogP contribution in [0.3, 0.4) is 0 Å². The van der Waals surface area contributed by atoms with Gasteiger partial charge in [-0.1, -0.05) is 35.3 Å². The molecule has 4 rings (SSSR count). The quantitative estimate of drug-likeness (QED) is 0.618. The van der Waals surface area contributed by atoms with Crippen molar-refractivity contribution in [1.82, 2.24) is 0 Å². The first-order valence-electron chi connectivity index (χ1n) is 8.49. The largest absolute Gasteiger partial charge is 0.453 e. The number of nitrogens with zero attached hydrogens (tertiary/aromatic N) is 1. The number of carbonyl (C=O) groups is 2. The average molecular weight is 406 g/mol. The number of anilines is 1. The van der Waals surface area contributed by atoms with Gasteiger partial charge in [-0.3, -0.25) is 9.59 Å². The highest BCUT2D eigenvalue weighted by atomic mass is 35.5. The fourth-order valence-electron chi connectivity index (χ4n) is 3.37. The van der Waals surface area contributed by atoms with Crippen LogP contribution < -0.4 is 9.64 Å². The van der Waals surface area contributed by atoms with E-state index in [1.165, 1.54) is 30.3 Å². The molecule has 1 heterocycles. The summed E-state index contributed by atoms with van der Waals surface area (Å²) in [5, 5.41) is 0.284. The van der Waals surface area contributed by atoms with Crippen LogP contribution in [0.15, 0.2) is 47.5 Å². The third kappa shape index (κ3) is 3.11. The summed E-state index contributed by atoms with van der Waals surface area (Å²) in [6.07, 6.45) is 2.92. The van der Waals surface area contributed by atoms with Crippen molar-refractivity contribution in [2.75, 3.05) is 4.90 Å². The maximum absolute atomic E-state index is 13.9. The molecule has 0 bridgehead atoms. The van der Waals surface area contributed by atoms with Gasteiger partial charge in [-0.25, -0.2) is 9.29 Å².